The van der Waals surface area contributed by atoms with E-state index >= 15 is 0 Å². The van der Waals surface area contributed by atoms with Gasteiger partial charge < -0.3 is 20.9 Å². The number of aliphatic imine (C=N–C) groups is 1. The molecule has 0 aliphatic carbocycles. The van der Waals surface area contributed by atoms with E-state index in [4.69, 9.17) is 22.3 Å². The fourth-order valence-corrected chi connectivity index (χ4v) is 4.28. The number of amides is 1. The zero-order valence-electron chi connectivity index (χ0n) is 19.5. The number of likely N-dealkylation sites (tertiary alicyclic amines) is 1. The summed E-state index contributed by atoms with van der Waals surface area (Å²) in [6, 6.07) is 7.99. The van der Waals surface area contributed by atoms with E-state index in [9.17, 15) is 4.79 Å². The molecule has 2 aliphatic rings. The molecule has 0 aromatic heterocycles. The van der Waals surface area contributed by atoms with Gasteiger partial charge in [-0.2, -0.15) is 0 Å². The summed E-state index contributed by atoms with van der Waals surface area (Å²) in [6.45, 7) is 12.8. The quantitative estimate of drug-likeness (QED) is 0.320. The fraction of sp³-hybridized carbons (Fsp3) is 0.652. The van der Waals surface area contributed by atoms with Crippen LogP contribution in [-0.4, -0.2) is 79.6 Å². The number of piperidine rings is 1. The molecule has 1 aromatic carbocycles. The van der Waals surface area contributed by atoms with Gasteiger partial charge in [0, 0.05) is 49.0 Å². The van der Waals surface area contributed by atoms with Crippen molar-refractivity contribution in [3.05, 3.63) is 29.3 Å². The van der Waals surface area contributed by atoms with E-state index in [0.717, 1.165) is 63.7 Å². The first-order valence-electron chi connectivity index (χ1n) is 11.3. The highest BCUT2D eigenvalue weighted by atomic mass is 127. The molecule has 0 radical (unpaired) electrons. The van der Waals surface area contributed by atoms with Crippen LogP contribution >= 0.6 is 35.6 Å². The first-order valence-corrected chi connectivity index (χ1v) is 11.7. The number of nitrogens with zero attached hydrogens (tertiary/aromatic N) is 4. The van der Waals surface area contributed by atoms with Gasteiger partial charge in [0.15, 0.2) is 5.96 Å². The van der Waals surface area contributed by atoms with Crippen molar-refractivity contribution in [2.75, 3.05) is 57.3 Å². The lowest BCUT2D eigenvalue weighted by molar-refractivity contribution is -0.124. The molecule has 9 heteroatoms. The molecular formula is C23H38ClIN6O. The molecule has 1 amide bonds. The van der Waals surface area contributed by atoms with E-state index in [1.54, 1.807) is 0 Å². The monoisotopic (exact) mass is 576 g/mol. The fourth-order valence-electron chi connectivity index (χ4n) is 4.16. The van der Waals surface area contributed by atoms with Crippen LogP contribution in [0.25, 0.3) is 0 Å². The number of nitrogens with one attached hydrogen (secondary N) is 1. The van der Waals surface area contributed by atoms with E-state index in [1.807, 2.05) is 32.9 Å². The van der Waals surface area contributed by atoms with Gasteiger partial charge in [0.1, 0.15) is 0 Å². The minimum Gasteiger partial charge on any atom is -0.370 e. The summed E-state index contributed by atoms with van der Waals surface area (Å²) in [4.78, 5) is 23.6. The number of anilines is 1. The van der Waals surface area contributed by atoms with E-state index in [-0.39, 0.29) is 35.4 Å². The van der Waals surface area contributed by atoms with Crippen LogP contribution in [0.4, 0.5) is 5.69 Å². The van der Waals surface area contributed by atoms with Crippen LogP contribution in [0, 0.1) is 5.92 Å². The van der Waals surface area contributed by atoms with E-state index < -0.39 is 0 Å². The molecule has 0 atom stereocenters. The zero-order chi connectivity index (χ0) is 22.4. The summed E-state index contributed by atoms with van der Waals surface area (Å²) in [5.41, 5.74) is 7.32. The van der Waals surface area contributed by atoms with Crippen LogP contribution < -0.4 is 16.0 Å². The van der Waals surface area contributed by atoms with Crippen molar-refractivity contribution < 1.29 is 4.79 Å². The average molecular weight is 577 g/mol. The van der Waals surface area contributed by atoms with Gasteiger partial charge in [0.2, 0.25) is 5.91 Å². The highest BCUT2D eigenvalue weighted by Crippen LogP contribution is 2.20. The largest absolute Gasteiger partial charge is 0.370 e. The molecule has 180 valence electrons. The molecule has 1 aromatic rings. The van der Waals surface area contributed by atoms with Crippen LogP contribution in [-0.2, 0) is 4.79 Å². The van der Waals surface area contributed by atoms with Crippen LogP contribution in [0.15, 0.2) is 29.3 Å². The Hall–Kier alpha value is -1.26. The van der Waals surface area contributed by atoms with E-state index in [1.165, 1.54) is 5.69 Å². The Morgan fingerprint density at radius 2 is 1.69 bits per heavy atom. The minimum absolute atomic E-state index is 0. The van der Waals surface area contributed by atoms with Crippen LogP contribution in [0.1, 0.15) is 33.6 Å². The lowest BCUT2D eigenvalue weighted by Gasteiger charge is -2.37. The number of piperazine rings is 1. The molecule has 0 saturated carbocycles. The smallest absolute Gasteiger partial charge is 0.234 e. The lowest BCUT2D eigenvalue weighted by Crippen LogP contribution is -2.51. The maximum Gasteiger partial charge on any atom is 0.234 e. The molecule has 0 bridgehead atoms. The maximum atomic E-state index is 12.1. The minimum atomic E-state index is -0.179. The third-order valence-corrected chi connectivity index (χ3v) is 6.15. The second-order valence-corrected chi connectivity index (χ2v) is 10.1. The number of hydrogen-bond acceptors (Lipinski definition) is 4. The van der Waals surface area contributed by atoms with E-state index in [0.29, 0.717) is 18.4 Å². The number of nitrogens with two attached hydrogens (primary N) is 1. The van der Waals surface area contributed by atoms with Crippen molar-refractivity contribution in [2.45, 2.75) is 39.2 Å². The normalized spacial score (nSPS) is 18.9. The second kappa shape index (κ2) is 12.3. The van der Waals surface area contributed by atoms with Crippen LogP contribution in [0.3, 0.4) is 0 Å². The van der Waals surface area contributed by atoms with Gasteiger partial charge in [-0.3, -0.25) is 14.7 Å². The zero-order valence-corrected chi connectivity index (χ0v) is 22.6. The first kappa shape index (κ1) is 27.0. The Labute approximate surface area is 214 Å². The number of carbonyl (C=O) groups excluding carboxylic acids is 1. The Morgan fingerprint density at radius 1 is 1.09 bits per heavy atom. The van der Waals surface area contributed by atoms with Gasteiger partial charge in [-0.1, -0.05) is 11.6 Å². The Kier molecular flexibility index (Phi) is 10.4. The number of hydrogen-bond donors (Lipinski definition) is 2. The summed E-state index contributed by atoms with van der Waals surface area (Å²) in [7, 11) is 0. The molecule has 2 saturated heterocycles. The maximum absolute atomic E-state index is 12.1. The van der Waals surface area contributed by atoms with Crippen LogP contribution in [0.5, 0.6) is 0 Å². The van der Waals surface area contributed by atoms with Gasteiger partial charge in [0.05, 0.1) is 6.54 Å². The number of rotatable bonds is 5. The molecule has 7 nitrogen and oxygen atoms in total. The van der Waals surface area contributed by atoms with Gasteiger partial charge in [0.25, 0.3) is 0 Å². The first-order chi connectivity index (χ1) is 14.7. The van der Waals surface area contributed by atoms with Gasteiger partial charge in [-0.05, 0) is 76.9 Å². The predicted molar refractivity (Wildman–Crippen MR) is 144 cm³/mol. The van der Waals surface area contributed by atoms with Gasteiger partial charge in [-0.25, -0.2) is 0 Å². The van der Waals surface area contributed by atoms with Gasteiger partial charge in [-0.15, -0.1) is 24.0 Å². The summed E-state index contributed by atoms with van der Waals surface area (Å²) < 4.78 is 0. The Morgan fingerprint density at radius 3 is 2.25 bits per heavy atom. The third-order valence-electron chi connectivity index (χ3n) is 5.90. The van der Waals surface area contributed by atoms with Gasteiger partial charge >= 0.3 is 0 Å². The number of halogens is 2. The molecule has 0 unspecified atom stereocenters. The molecule has 0 spiro atoms. The predicted octanol–water partition coefficient (Wildman–Crippen LogP) is 3.02. The average Bonchev–Trinajstić information content (AvgIpc) is 2.72. The molecule has 2 heterocycles. The second-order valence-electron chi connectivity index (χ2n) is 9.67. The lowest BCUT2D eigenvalue weighted by atomic mass is 9.97. The highest BCUT2D eigenvalue weighted by Gasteiger charge is 2.23. The summed E-state index contributed by atoms with van der Waals surface area (Å²) >= 11 is 5.99. The van der Waals surface area contributed by atoms with Crippen molar-refractivity contribution in [1.82, 2.24) is 15.1 Å². The van der Waals surface area contributed by atoms with Crippen molar-refractivity contribution >= 4 is 53.1 Å². The molecule has 2 fully saturated rings. The third kappa shape index (κ3) is 8.59. The highest BCUT2D eigenvalue weighted by molar-refractivity contribution is 14.0. The van der Waals surface area contributed by atoms with Crippen molar-refractivity contribution in [3.8, 4) is 0 Å². The van der Waals surface area contributed by atoms with E-state index in [2.05, 4.69) is 32.1 Å². The molecule has 3 rings (SSSR count). The number of guanidine groups is 1. The SMILES string of the molecule is CC(C)(C)NC(=O)CN1CCC(CN=C(N)N2CCN(c3ccc(Cl)cc3)CC2)CC1.I. The summed E-state index contributed by atoms with van der Waals surface area (Å²) in [5.74, 6) is 1.30. The topological polar surface area (TPSA) is 77.2 Å². The Bertz CT molecular complexity index is 751. The van der Waals surface area contributed by atoms with Crippen molar-refractivity contribution in [1.29, 1.82) is 0 Å². The van der Waals surface area contributed by atoms with Crippen LogP contribution in [0.2, 0.25) is 5.02 Å². The molecular weight excluding hydrogens is 539 g/mol. The Balaban J connectivity index is 0.00000363. The van der Waals surface area contributed by atoms with Crippen molar-refractivity contribution in [2.24, 2.45) is 16.6 Å². The molecule has 2 aliphatic heterocycles. The van der Waals surface area contributed by atoms with Crippen molar-refractivity contribution in [3.63, 3.8) is 0 Å². The molecule has 3 N–H and O–H groups in total. The summed E-state index contributed by atoms with van der Waals surface area (Å²) in [5, 5.41) is 3.80. The number of benzene rings is 1. The summed E-state index contributed by atoms with van der Waals surface area (Å²) in [6.07, 6.45) is 2.12. The molecule has 32 heavy (non-hydrogen) atoms. The number of carbonyl (C=O) groups is 1. The standard InChI is InChI=1S/C23H37ClN6O.HI/c1-23(2,3)27-21(31)17-28-10-8-18(9-11-28)16-26-22(25)30-14-12-29(13-15-30)20-6-4-19(24)5-7-20;/h4-7,18H,8-17H2,1-3H3,(H2,25,26)(H,27,31);1H.